The van der Waals surface area contributed by atoms with Crippen LogP contribution in [0.1, 0.15) is 29.9 Å². The molecule has 128 valence electrons. The predicted octanol–water partition coefficient (Wildman–Crippen LogP) is 1.98. The first-order valence-electron chi connectivity index (χ1n) is 7.20. The zero-order chi connectivity index (χ0) is 17.2. The molecule has 1 aromatic rings. The maximum absolute atomic E-state index is 12.5. The SMILES string of the molecule is CCN(C(=O)C(C)OC(=O)c1ccc(Cl)s1)C1CCS(=O)(=O)C1. The van der Waals surface area contributed by atoms with Crippen LogP contribution in [0.15, 0.2) is 12.1 Å². The molecule has 2 rings (SSSR count). The quantitative estimate of drug-likeness (QED) is 0.731. The van der Waals surface area contributed by atoms with E-state index in [1.807, 2.05) is 0 Å². The largest absolute Gasteiger partial charge is 0.448 e. The Kier molecular flexibility index (Phi) is 5.70. The molecule has 9 heteroatoms. The minimum absolute atomic E-state index is 0.0339. The van der Waals surface area contributed by atoms with Crippen molar-refractivity contribution in [1.82, 2.24) is 4.90 Å². The van der Waals surface area contributed by atoms with E-state index >= 15 is 0 Å². The molecule has 1 amide bonds. The first kappa shape index (κ1) is 18.2. The van der Waals surface area contributed by atoms with Gasteiger partial charge in [-0.2, -0.15) is 0 Å². The van der Waals surface area contributed by atoms with Crippen LogP contribution in [0.2, 0.25) is 4.34 Å². The van der Waals surface area contributed by atoms with Gasteiger partial charge in [-0.1, -0.05) is 11.6 Å². The summed E-state index contributed by atoms with van der Waals surface area (Å²) < 4.78 is 28.8. The van der Waals surface area contributed by atoms with E-state index < -0.39 is 21.9 Å². The molecule has 2 unspecified atom stereocenters. The fraction of sp³-hybridized carbons (Fsp3) is 0.571. The molecule has 6 nitrogen and oxygen atoms in total. The molecule has 1 saturated heterocycles. The molecule has 0 N–H and O–H groups in total. The van der Waals surface area contributed by atoms with Crippen molar-refractivity contribution >= 4 is 44.7 Å². The van der Waals surface area contributed by atoms with Crippen LogP contribution in [-0.2, 0) is 19.4 Å². The number of sulfone groups is 1. The van der Waals surface area contributed by atoms with Crippen LogP contribution in [0.3, 0.4) is 0 Å². The van der Waals surface area contributed by atoms with Gasteiger partial charge in [0.05, 0.1) is 15.8 Å². The van der Waals surface area contributed by atoms with Crippen molar-refractivity contribution < 1.29 is 22.7 Å². The van der Waals surface area contributed by atoms with E-state index in [0.717, 1.165) is 11.3 Å². The van der Waals surface area contributed by atoms with Gasteiger partial charge >= 0.3 is 5.97 Å². The molecule has 2 atom stereocenters. The van der Waals surface area contributed by atoms with Gasteiger partial charge in [0.1, 0.15) is 4.88 Å². The second-order valence-corrected chi connectivity index (χ2v) is 9.28. The lowest BCUT2D eigenvalue weighted by Gasteiger charge is -2.29. The van der Waals surface area contributed by atoms with Crippen LogP contribution in [0.25, 0.3) is 0 Å². The van der Waals surface area contributed by atoms with Gasteiger partial charge in [-0.3, -0.25) is 4.79 Å². The Morgan fingerprint density at radius 1 is 1.48 bits per heavy atom. The molecule has 0 bridgehead atoms. The van der Waals surface area contributed by atoms with E-state index in [9.17, 15) is 18.0 Å². The number of ether oxygens (including phenoxy) is 1. The van der Waals surface area contributed by atoms with E-state index in [2.05, 4.69) is 0 Å². The van der Waals surface area contributed by atoms with E-state index in [0.29, 0.717) is 22.2 Å². The molecule has 1 aliphatic heterocycles. The van der Waals surface area contributed by atoms with Gasteiger partial charge < -0.3 is 9.64 Å². The lowest BCUT2D eigenvalue weighted by molar-refractivity contribution is -0.141. The molecule has 0 spiro atoms. The lowest BCUT2D eigenvalue weighted by Crippen LogP contribution is -2.46. The summed E-state index contributed by atoms with van der Waals surface area (Å²) in [5.41, 5.74) is 0. The minimum Gasteiger partial charge on any atom is -0.448 e. The van der Waals surface area contributed by atoms with E-state index in [1.54, 1.807) is 13.0 Å². The summed E-state index contributed by atoms with van der Waals surface area (Å²) in [6.07, 6.45) is -0.560. The third-order valence-electron chi connectivity index (χ3n) is 3.68. The Morgan fingerprint density at radius 2 is 2.17 bits per heavy atom. The first-order valence-corrected chi connectivity index (χ1v) is 10.2. The third kappa shape index (κ3) is 4.45. The van der Waals surface area contributed by atoms with Crippen molar-refractivity contribution in [3.63, 3.8) is 0 Å². The molecule has 0 radical (unpaired) electrons. The van der Waals surface area contributed by atoms with Crippen LogP contribution in [0, 0.1) is 0 Å². The third-order valence-corrected chi connectivity index (χ3v) is 6.64. The normalized spacial score (nSPS) is 20.9. The molecule has 0 saturated carbocycles. The van der Waals surface area contributed by atoms with Crippen molar-refractivity contribution in [2.24, 2.45) is 0 Å². The minimum atomic E-state index is -3.09. The highest BCUT2D eigenvalue weighted by Crippen LogP contribution is 2.23. The van der Waals surface area contributed by atoms with Gasteiger partial charge in [-0.25, -0.2) is 13.2 Å². The number of halogens is 1. The van der Waals surface area contributed by atoms with Crippen LogP contribution in [0.5, 0.6) is 0 Å². The summed E-state index contributed by atoms with van der Waals surface area (Å²) in [5.74, 6) is -0.944. The number of amides is 1. The van der Waals surface area contributed by atoms with Crippen molar-refractivity contribution in [2.45, 2.75) is 32.4 Å². The second-order valence-electron chi connectivity index (χ2n) is 5.33. The van der Waals surface area contributed by atoms with Crippen molar-refractivity contribution in [1.29, 1.82) is 0 Å². The molecule has 0 aliphatic carbocycles. The zero-order valence-corrected chi connectivity index (χ0v) is 15.2. The lowest BCUT2D eigenvalue weighted by atomic mass is 10.2. The van der Waals surface area contributed by atoms with Crippen LogP contribution >= 0.6 is 22.9 Å². The van der Waals surface area contributed by atoms with Crippen molar-refractivity contribution in [2.75, 3.05) is 18.1 Å². The highest BCUT2D eigenvalue weighted by Gasteiger charge is 2.36. The van der Waals surface area contributed by atoms with Gasteiger partial charge in [-0.05, 0) is 32.4 Å². The average molecular weight is 380 g/mol. The smallest absolute Gasteiger partial charge is 0.349 e. The second kappa shape index (κ2) is 7.19. The summed E-state index contributed by atoms with van der Waals surface area (Å²) in [4.78, 5) is 26.2. The number of hydrogen-bond donors (Lipinski definition) is 0. The molecule has 1 aromatic heterocycles. The molecule has 1 fully saturated rings. The van der Waals surface area contributed by atoms with Crippen molar-refractivity contribution in [3.8, 4) is 0 Å². The van der Waals surface area contributed by atoms with E-state index in [4.69, 9.17) is 16.3 Å². The number of carbonyl (C=O) groups is 2. The average Bonchev–Trinajstić information content (AvgIpc) is 3.05. The Hall–Kier alpha value is -1.12. The predicted molar refractivity (Wildman–Crippen MR) is 88.7 cm³/mol. The van der Waals surface area contributed by atoms with Crippen LogP contribution in [0.4, 0.5) is 0 Å². The molecule has 23 heavy (non-hydrogen) atoms. The Labute approximate surface area is 144 Å². The number of thiophene rings is 1. The van der Waals surface area contributed by atoms with Gasteiger partial charge in [0.15, 0.2) is 15.9 Å². The summed E-state index contributed by atoms with van der Waals surface area (Å²) in [6.45, 7) is 3.63. The first-order chi connectivity index (χ1) is 10.7. The number of esters is 1. The number of nitrogens with zero attached hydrogens (tertiary/aromatic N) is 1. The Bertz CT molecular complexity index is 700. The molecule has 0 aromatic carbocycles. The topological polar surface area (TPSA) is 80.8 Å². The highest BCUT2D eigenvalue weighted by atomic mass is 35.5. The standard InChI is InChI=1S/C14H18ClNO5S2/c1-3-16(10-6-7-23(19,20)8-10)13(17)9(2)21-14(18)11-4-5-12(15)22-11/h4-5,9-10H,3,6-8H2,1-2H3. The van der Waals surface area contributed by atoms with Gasteiger partial charge in [-0.15, -0.1) is 11.3 Å². The molecule has 1 aliphatic rings. The zero-order valence-electron chi connectivity index (χ0n) is 12.8. The number of likely N-dealkylation sites (N-methyl/N-ethyl adjacent to an activating group) is 1. The van der Waals surface area contributed by atoms with E-state index in [1.165, 1.54) is 17.9 Å². The molecular weight excluding hydrogens is 362 g/mol. The maximum Gasteiger partial charge on any atom is 0.349 e. The Morgan fingerprint density at radius 3 is 2.65 bits per heavy atom. The van der Waals surface area contributed by atoms with Crippen LogP contribution < -0.4 is 0 Å². The summed E-state index contributed by atoms with van der Waals surface area (Å²) in [7, 11) is -3.09. The molecular formula is C14H18ClNO5S2. The number of hydrogen-bond acceptors (Lipinski definition) is 6. The van der Waals surface area contributed by atoms with E-state index in [-0.39, 0.29) is 23.5 Å². The molecule has 2 heterocycles. The monoisotopic (exact) mass is 379 g/mol. The maximum atomic E-state index is 12.5. The summed E-state index contributed by atoms with van der Waals surface area (Å²) in [6, 6.07) is 2.76. The number of carbonyl (C=O) groups excluding carboxylic acids is 2. The fourth-order valence-corrected chi connectivity index (χ4v) is 5.20. The highest BCUT2D eigenvalue weighted by molar-refractivity contribution is 7.91. The van der Waals surface area contributed by atoms with Gasteiger partial charge in [0.2, 0.25) is 0 Å². The number of rotatable bonds is 5. The van der Waals surface area contributed by atoms with Crippen molar-refractivity contribution in [3.05, 3.63) is 21.3 Å². The summed E-state index contributed by atoms with van der Waals surface area (Å²) >= 11 is 6.84. The fourth-order valence-electron chi connectivity index (χ4n) is 2.54. The van der Waals surface area contributed by atoms with Gasteiger partial charge in [0.25, 0.3) is 5.91 Å². The summed E-state index contributed by atoms with van der Waals surface area (Å²) in [5, 5.41) is 0. The Balaban J connectivity index is 2.01. The van der Waals surface area contributed by atoms with Gasteiger partial charge in [0, 0.05) is 12.6 Å². The van der Waals surface area contributed by atoms with Crippen LogP contribution in [-0.4, -0.2) is 55.4 Å².